The lowest BCUT2D eigenvalue weighted by Crippen LogP contribution is -2.18. The van der Waals surface area contributed by atoms with Gasteiger partial charge in [-0.05, 0) is 19.3 Å². The highest BCUT2D eigenvalue weighted by atomic mass is 16.5. The number of aromatic nitrogens is 2. The molecule has 0 unspecified atom stereocenters. The number of nitrogens with one attached hydrogen (secondary N) is 1. The van der Waals surface area contributed by atoms with E-state index in [0.29, 0.717) is 12.5 Å². The molecule has 5 nitrogen and oxygen atoms in total. The Labute approximate surface area is 114 Å². The summed E-state index contributed by atoms with van der Waals surface area (Å²) in [6, 6.07) is 1.97. The molecule has 0 saturated carbocycles. The Balaban J connectivity index is 2.17. The summed E-state index contributed by atoms with van der Waals surface area (Å²) in [4.78, 5) is 9.27. The summed E-state index contributed by atoms with van der Waals surface area (Å²) >= 11 is 0. The second kappa shape index (κ2) is 7.40. The van der Waals surface area contributed by atoms with Crippen molar-refractivity contribution in [3.8, 4) is 0 Å². The number of methoxy groups -OCH3 is 1. The fraction of sp³-hybridized carbons (Fsp3) is 0.714. The van der Waals surface area contributed by atoms with Gasteiger partial charge < -0.3 is 14.8 Å². The molecule has 0 atom stereocenters. The van der Waals surface area contributed by atoms with Crippen molar-refractivity contribution in [2.45, 2.75) is 38.7 Å². The van der Waals surface area contributed by atoms with Crippen molar-refractivity contribution in [1.82, 2.24) is 9.97 Å². The van der Waals surface area contributed by atoms with Crippen LogP contribution in [0.25, 0.3) is 0 Å². The molecule has 5 heteroatoms. The minimum Gasteiger partial charge on any atom is -0.381 e. The van der Waals surface area contributed by atoms with Crippen LogP contribution in [0.5, 0.6) is 0 Å². The van der Waals surface area contributed by atoms with Gasteiger partial charge in [0.25, 0.3) is 0 Å². The molecule has 0 spiro atoms. The maximum Gasteiger partial charge on any atom is 0.134 e. The van der Waals surface area contributed by atoms with Crippen molar-refractivity contribution >= 4 is 5.82 Å². The van der Waals surface area contributed by atoms with Gasteiger partial charge in [0, 0.05) is 38.9 Å². The van der Waals surface area contributed by atoms with Crippen LogP contribution in [0.2, 0.25) is 0 Å². The molecular formula is C14H23N3O2. The SMILES string of the molecule is CCCNc1cc(COC)nc(C2CCOCC2)n1. The number of ether oxygens (including phenoxy) is 2. The smallest absolute Gasteiger partial charge is 0.134 e. The van der Waals surface area contributed by atoms with Crippen LogP contribution in [0.15, 0.2) is 6.07 Å². The number of hydrogen-bond acceptors (Lipinski definition) is 5. The third kappa shape index (κ3) is 4.14. The zero-order valence-electron chi connectivity index (χ0n) is 11.8. The minimum absolute atomic E-state index is 0.410. The summed E-state index contributed by atoms with van der Waals surface area (Å²) in [5.41, 5.74) is 0.942. The summed E-state index contributed by atoms with van der Waals surface area (Å²) in [6.07, 6.45) is 3.09. The molecular weight excluding hydrogens is 242 g/mol. The average molecular weight is 265 g/mol. The quantitative estimate of drug-likeness (QED) is 0.855. The zero-order chi connectivity index (χ0) is 13.5. The summed E-state index contributed by atoms with van der Waals surface area (Å²) in [7, 11) is 1.69. The second-order valence-electron chi connectivity index (χ2n) is 4.85. The Morgan fingerprint density at radius 3 is 2.84 bits per heavy atom. The van der Waals surface area contributed by atoms with Gasteiger partial charge in [-0.1, -0.05) is 6.92 Å². The van der Waals surface area contributed by atoms with Gasteiger partial charge in [-0.15, -0.1) is 0 Å². The molecule has 1 aromatic heterocycles. The van der Waals surface area contributed by atoms with Crippen LogP contribution in [0.4, 0.5) is 5.82 Å². The highest BCUT2D eigenvalue weighted by Crippen LogP contribution is 2.25. The molecule has 0 aromatic carbocycles. The van der Waals surface area contributed by atoms with E-state index < -0.39 is 0 Å². The van der Waals surface area contributed by atoms with E-state index in [4.69, 9.17) is 9.47 Å². The van der Waals surface area contributed by atoms with E-state index in [9.17, 15) is 0 Å². The Hall–Kier alpha value is -1.20. The molecule has 1 N–H and O–H groups in total. The normalized spacial score (nSPS) is 16.5. The van der Waals surface area contributed by atoms with Crippen molar-refractivity contribution in [2.24, 2.45) is 0 Å². The van der Waals surface area contributed by atoms with Crippen LogP contribution in [-0.4, -0.2) is 36.8 Å². The van der Waals surface area contributed by atoms with Gasteiger partial charge in [-0.2, -0.15) is 0 Å². The molecule has 0 aliphatic carbocycles. The lowest BCUT2D eigenvalue weighted by molar-refractivity contribution is 0.0834. The van der Waals surface area contributed by atoms with Crippen molar-refractivity contribution < 1.29 is 9.47 Å². The molecule has 1 aromatic rings. The third-order valence-corrected chi connectivity index (χ3v) is 3.23. The van der Waals surface area contributed by atoms with Crippen molar-refractivity contribution in [1.29, 1.82) is 0 Å². The molecule has 0 bridgehead atoms. The largest absolute Gasteiger partial charge is 0.381 e. The number of rotatable bonds is 6. The van der Waals surface area contributed by atoms with Crippen LogP contribution in [0.1, 0.15) is 43.6 Å². The predicted molar refractivity (Wildman–Crippen MR) is 74.3 cm³/mol. The van der Waals surface area contributed by atoms with Gasteiger partial charge >= 0.3 is 0 Å². The molecule has 1 aliphatic rings. The van der Waals surface area contributed by atoms with Crippen molar-refractivity contribution in [2.75, 3.05) is 32.2 Å². The van der Waals surface area contributed by atoms with Crippen molar-refractivity contribution in [3.05, 3.63) is 17.6 Å². The number of hydrogen-bond donors (Lipinski definition) is 1. The molecule has 0 radical (unpaired) electrons. The molecule has 1 fully saturated rings. The van der Waals surface area contributed by atoms with Crippen LogP contribution < -0.4 is 5.32 Å². The molecule has 1 aliphatic heterocycles. The van der Waals surface area contributed by atoms with Crippen LogP contribution in [0, 0.1) is 0 Å². The minimum atomic E-state index is 0.410. The third-order valence-electron chi connectivity index (χ3n) is 3.23. The number of anilines is 1. The summed E-state index contributed by atoms with van der Waals surface area (Å²) in [6.45, 7) is 5.21. The van der Waals surface area contributed by atoms with Gasteiger partial charge in [0.1, 0.15) is 11.6 Å². The van der Waals surface area contributed by atoms with Crippen LogP contribution in [-0.2, 0) is 16.1 Å². The van der Waals surface area contributed by atoms with Gasteiger partial charge in [-0.25, -0.2) is 9.97 Å². The summed E-state index contributed by atoms with van der Waals surface area (Å²) < 4.78 is 10.6. The van der Waals surface area contributed by atoms with E-state index in [2.05, 4.69) is 22.2 Å². The molecule has 2 rings (SSSR count). The second-order valence-corrected chi connectivity index (χ2v) is 4.85. The Morgan fingerprint density at radius 2 is 2.16 bits per heavy atom. The Bertz CT molecular complexity index is 392. The zero-order valence-corrected chi connectivity index (χ0v) is 11.8. The Morgan fingerprint density at radius 1 is 1.37 bits per heavy atom. The van der Waals surface area contributed by atoms with E-state index in [0.717, 1.165) is 56.4 Å². The van der Waals surface area contributed by atoms with Crippen LogP contribution in [0.3, 0.4) is 0 Å². The molecule has 1 saturated heterocycles. The highest BCUT2D eigenvalue weighted by Gasteiger charge is 2.19. The first-order valence-electron chi connectivity index (χ1n) is 7.02. The van der Waals surface area contributed by atoms with E-state index in [1.807, 2.05) is 6.07 Å². The fourth-order valence-electron chi connectivity index (χ4n) is 2.22. The average Bonchev–Trinajstić information content (AvgIpc) is 2.46. The summed E-state index contributed by atoms with van der Waals surface area (Å²) in [5, 5.41) is 3.33. The van der Waals surface area contributed by atoms with Gasteiger partial charge in [0.05, 0.1) is 12.3 Å². The first-order valence-corrected chi connectivity index (χ1v) is 7.02. The lowest BCUT2D eigenvalue weighted by atomic mass is 9.99. The standard InChI is InChI=1S/C14H23N3O2/c1-3-6-15-13-9-12(10-18-2)16-14(17-13)11-4-7-19-8-5-11/h9,11H,3-8,10H2,1-2H3,(H,15,16,17). The van der Waals surface area contributed by atoms with E-state index in [1.165, 1.54) is 0 Å². The van der Waals surface area contributed by atoms with Gasteiger partial charge in [0.2, 0.25) is 0 Å². The summed E-state index contributed by atoms with van der Waals surface area (Å²) in [5.74, 6) is 2.24. The molecule has 19 heavy (non-hydrogen) atoms. The Kier molecular flexibility index (Phi) is 5.54. The van der Waals surface area contributed by atoms with Crippen molar-refractivity contribution in [3.63, 3.8) is 0 Å². The number of nitrogens with zero attached hydrogens (tertiary/aromatic N) is 2. The van der Waals surface area contributed by atoms with Gasteiger partial charge in [-0.3, -0.25) is 0 Å². The van der Waals surface area contributed by atoms with Crippen LogP contribution >= 0.6 is 0 Å². The maximum absolute atomic E-state index is 5.40. The maximum atomic E-state index is 5.40. The lowest BCUT2D eigenvalue weighted by Gasteiger charge is -2.21. The van der Waals surface area contributed by atoms with E-state index in [1.54, 1.807) is 7.11 Å². The molecule has 2 heterocycles. The molecule has 106 valence electrons. The first kappa shape index (κ1) is 14.2. The fourth-order valence-corrected chi connectivity index (χ4v) is 2.22. The highest BCUT2D eigenvalue weighted by molar-refractivity contribution is 5.36. The van der Waals surface area contributed by atoms with Gasteiger partial charge in [0.15, 0.2) is 0 Å². The first-order chi connectivity index (χ1) is 9.33. The van der Waals surface area contributed by atoms with E-state index >= 15 is 0 Å². The topological polar surface area (TPSA) is 56.3 Å². The van der Waals surface area contributed by atoms with E-state index in [-0.39, 0.29) is 0 Å². The monoisotopic (exact) mass is 265 g/mol. The molecule has 0 amide bonds. The predicted octanol–water partition coefficient (Wildman–Crippen LogP) is 2.34.